The van der Waals surface area contributed by atoms with Gasteiger partial charge in [0.25, 0.3) is 5.56 Å². The Bertz CT molecular complexity index is 1150. The minimum atomic E-state index is -1.08. The number of carbonyl (C=O) groups excluding carboxylic acids is 1. The van der Waals surface area contributed by atoms with Gasteiger partial charge in [0.1, 0.15) is 5.82 Å². The Kier molecular flexibility index (Phi) is 6.07. The third-order valence-corrected chi connectivity index (χ3v) is 6.07. The molecule has 1 aliphatic rings. The first-order chi connectivity index (χ1) is 14.8. The van der Waals surface area contributed by atoms with Crippen molar-refractivity contribution in [2.75, 3.05) is 13.1 Å². The summed E-state index contributed by atoms with van der Waals surface area (Å²) in [5.74, 6) is -0.289. The van der Waals surface area contributed by atoms with E-state index in [9.17, 15) is 19.1 Å². The topological polar surface area (TPSA) is 75.4 Å². The normalized spacial score (nSPS) is 15.9. The van der Waals surface area contributed by atoms with Crippen molar-refractivity contribution >= 4 is 28.4 Å². The number of piperidine rings is 1. The molecular weight excluding hydrogens is 421 g/mol. The van der Waals surface area contributed by atoms with Crippen molar-refractivity contribution in [1.82, 2.24) is 14.5 Å². The van der Waals surface area contributed by atoms with Gasteiger partial charge in [0.05, 0.1) is 29.4 Å². The largest absolute Gasteiger partial charge is 0.388 e. The molecule has 162 valence electrons. The number of halogens is 2. The SMILES string of the molecule is O=C(CCc1ccc(F)cc1)N1CCC(O)(Cn2cnc3cc(Cl)ccc3c2=O)CC1. The monoisotopic (exact) mass is 443 g/mol. The summed E-state index contributed by atoms with van der Waals surface area (Å²) in [5, 5.41) is 12.0. The van der Waals surface area contributed by atoms with E-state index in [1.165, 1.54) is 23.0 Å². The molecule has 0 bridgehead atoms. The summed E-state index contributed by atoms with van der Waals surface area (Å²) < 4.78 is 14.4. The molecule has 0 spiro atoms. The summed E-state index contributed by atoms with van der Waals surface area (Å²) >= 11 is 5.96. The van der Waals surface area contributed by atoms with Crippen LogP contribution in [0.5, 0.6) is 0 Å². The molecule has 1 amide bonds. The van der Waals surface area contributed by atoms with Crippen LogP contribution in [0.4, 0.5) is 4.39 Å². The van der Waals surface area contributed by atoms with Crippen molar-refractivity contribution in [3.63, 3.8) is 0 Å². The molecule has 2 aromatic carbocycles. The summed E-state index contributed by atoms with van der Waals surface area (Å²) in [6, 6.07) is 11.0. The van der Waals surface area contributed by atoms with Crippen LogP contribution in [0.2, 0.25) is 5.02 Å². The van der Waals surface area contributed by atoms with Gasteiger partial charge >= 0.3 is 0 Å². The van der Waals surface area contributed by atoms with Gasteiger partial charge in [0.2, 0.25) is 5.91 Å². The first kappa shape index (κ1) is 21.5. The third kappa shape index (κ3) is 4.94. The Morgan fingerprint density at radius 2 is 1.87 bits per heavy atom. The van der Waals surface area contributed by atoms with E-state index < -0.39 is 5.60 Å². The van der Waals surface area contributed by atoms with E-state index in [1.54, 1.807) is 35.2 Å². The van der Waals surface area contributed by atoms with Crippen LogP contribution in [0.25, 0.3) is 10.9 Å². The number of rotatable bonds is 5. The lowest BCUT2D eigenvalue weighted by Crippen LogP contribution is -2.49. The average Bonchev–Trinajstić information content (AvgIpc) is 2.75. The van der Waals surface area contributed by atoms with Gasteiger partial charge in [-0.1, -0.05) is 23.7 Å². The number of carbonyl (C=O) groups is 1. The molecular formula is C23H23ClFN3O3. The zero-order chi connectivity index (χ0) is 22.0. The van der Waals surface area contributed by atoms with Crippen LogP contribution in [0.3, 0.4) is 0 Å². The lowest BCUT2D eigenvalue weighted by atomic mass is 9.91. The molecule has 4 rings (SSSR count). The molecule has 1 N–H and O–H groups in total. The minimum absolute atomic E-state index is 0.00722. The molecule has 0 radical (unpaired) electrons. The predicted octanol–water partition coefficient (Wildman–Crippen LogP) is 3.18. The zero-order valence-corrected chi connectivity index (χ0v) is 17.7. The predicted molar refractivity (Wildman–Crippen MR) is 116 cm³/mol. The van der Waals surface area contributed by atoms with E-state index >= 15 is 0 Å². The fourth-order valence-corrected chi connectivity index (χ4v) is 4.12. The van der Waals surface area contributed by atoms with Crippen molar-refractivity contribution in [3.05, 3.63) is 75.5 Å². The second-order valence-corrected chi connectivity index (χ2v) is 8.51. The second kappa shape index (κ2) is 8.77. The van der Waals surface area contributed by atoms with Crippen LogP contribution in [-0.4, -0.2) is 44.2 Å². The standard InChI is InChI=1S/C23H23ClFN3O3/c24-17-4-7-19-20(13-17)26-15-28(22(19)30)14-23(31)9-11-27(12-10-23)21(29)8-3-16-1-5-18(25)6-2-16/h1-2,4-7,13,15,31H,3,8-12,14H2. The summed E-state index contributed by atoms with van der Waals surface area (Å²) in [5.41, 5.74) is 0.113. The van der Waals surface area contributed by atoms with Crippen molar-refractivity contribution < 1.29 is 14.3 Å². The number of hydrogen-bond acceptors (Lipinski definition) is 4. The average molecular weight is 444 g/mol. The first-order valence-corrected chi connectivity index (χ1v) is 10.6. The fourth-order valence-electron chi connectivity index (χ4n) is 3.95. The van der Waals surface area contributed by atoms with Gasteiger partial charge in [0.15, 0.2) is 0 Å². The maximum absolute atomic E-state index is 13.0. The van der Waals surface area contributed by atoms with Gasteiger partial charge in [-0.25, -0.2) is 9.37 Å². The number of amides is 1. The van der Waals surface area contributed by atoms with Gasteiger partial charge in [0, 0.05) is 24.5 Å². The number of fused-ring (bicyclic) bond motifs is 1. The van der Waals surface area contributed by atoms with E-state index in [2.05, 4.69) is 4.98 Å². The molecule has 0 aliphatic carbocycles. The van der Waals surface area contributed by atoms with E-state index in [0.717, 1.165) is 5.56 Å². The molecule has 3 aromatic rings. The Morgan fingerprint density at radius 3 is 2.58 bits per heavy atom. The van der Waals surface area contributed by atoms with Crippen LogP contribution in [0.1, 0.15) is 24.8 Å². The van der Waals surface area contributed by atoms with Gasteiger partial charge in [-0.15, -0.1) is 0 Å². The third-order valence-electron chi connectivity index (χ3n) is 5.84. The molecule has 1 aliphatic heterocycles. The molecule has 1 aromatic heterocycles. The highest BCUT2D eigenvalue weighted by molar-refractivity contribution is 6.31. The minimum Gasteiger partial charge on any atom is -0.388 e. The molecule has 31 heavy (non-hydrogen) atoms. The highest BCUT2D eigenvalue weighted by Crippen LogP contribution is 2.25. The Labute approximate surface area is 183 Å². The molecule has 2 heterocycles. The second-order valence-electron chi connectivity index (χ2n) is 8.07. The van der Waals surface area contributed by atoms with Crippen molar-refractivity contribution in [3.8, 4) is 0 Å². The van der Waals surface area contributed by atoms with Gasteiger partial charge in [-0.3, -0.25) is 14.2 Å². The van der Waals surface area contributed by atoms with Gasteiger partial charge < -0.3 is 10.0 Å². The number of likely N-dealkylation sites (tertiary alicyclic amines) is 1. The maximum Gasteiger partial charge on any atom is 0.261 e. The van der Waals surface area contributed by atoms with Gasteiger partial charge in [-0.2, -0.15) is 0 Å². The smallest absolute Gasteiger partial charge is 0.261 e. The number of aliphatic hydroxyl groups is 1. The zero-order valence-electron chi connectivity index (χ0n) is 16.9. The van der Waals surface area contributed by atoms with Crippen LogP contribution < -0.4 is 5.56 Å². The van der Waals surface area contributed by atoms with E-state index in [0.29, 0.717) is 54.7 Å². The van der Waals surface area contributed by atoms with E-state index in [-0.39, 0.29) is 23.8 Å². The van der Waals surface area contributed by atoms with Crippen LogP contribution in [0, 0.1) is 5.82 Å². The lowest BCUT2D eigenvalue weighted by Gasteiger charge is -2.38. The molecule has 8 heteroatoms. The summed E-state index contributed by atoms with van der Waals surface area (Å²) in [6.07, 6.45) is 3.06. The quantitative estimate of drug-likeness (QED) is 0.657. The van der Waals surface area contributed by atoms with E-state index in [4.69, 9.17) is 11.6 Å². The Hall–Kier alpha value is -2.77. The number of nitrogens with zero attached hydrogens (tertiary/aromatic N) is 3. The van der Waals surface area contributed by atoms with Gasteiger partial charge in [-0.05, 0) is 55.2 Å². The van der Waals surface area contributed by atoms with Crippen molar-refractivity contribution in [1.29, 1.82) is 0 Å². The number of hydrogen-bond donors (Lipinski definition) is 1. The first-order valence-electron chi connectivity index (χ1n) is 10.2. The van der Waals surface area contributed by atoms with Crippen molar-refractivity contribution in [2.24, 2.45) is 0 Å². The molecule has 0 unspecified atom stereocenters. The summed E-state index contributed by atoms with van der Waals surface area (Å²) in [6.45, 7) is 0.962. The van der Waals surface area contributed by atoms with E-state index in [1.807, 2.05) is 0 Å². The highest BCUT2D eigenvalue weighted by Gasteiger charge is 2.34. The number of aryl methyl sites for hydroxylation is 1. The lowest BCUT2D eigenvalue weighted by molar-refractivity contribution is -0.135. The summed E-state index contributed by atoms with van der Waals surface area (Å²) in [7, 11) is 0. The number of benzene rings is 2. The maximum atomic E-state index is 13.0. The van der Waals surface area contributed by atoms with Crippen LogP contribution in [-0.2, 0) is 17.8 Å². The van der Waals surface area contributed by atoms with Crippen LogP contribution >= 0.6 is 11.6 Å². The Morgan fingerprint density at radius 1 is 1.16 bits per heavy atom. The molecule has 0 saturated carbocycles. The number of aromatic nitrogens is 2. The molecule has 1 saturated heterocycles. The van der Waals surface area contributed by atoms with Crippen LogP contribution in [0.15, 0.2) is 53.6 Å². The summed E-state index contributed by atoms with van der Waals surface area (Å²) in [4.78, 5) is 31.3. The molecule has 6 nitrogen and oxygen atoms in total. The molecule has 1 fully saturated rings. The molecule has 0 atom stereocenters. The van der Waals surface area contributed by atoms with Crippen molar-refractivity contribution in [2.45, 2.75) is 37.8 Å². The highest BCUT2D eigenvalue weighted by atomic mass is 35.5. The Balaban J connectivity index is 1.36. The fraction of sp³-hybridized carbons (Fsp3) is 0.348.